The summed E-state index contributed by atoms with van der Waals surface area (Å²) in [5.74, 6) is 0.532. The maximum atomic E-state index is 13.2. The number of rotatable bonds is 4. The molecule has 25 heavy (non-hydrogen) atoms. The summed E-state index contributed by atoms with van der Waals surface area (Å²) in [5, 5.41) is 0. The van der Waals surface area contributed by atoms with Crippen molar-refractivity contribution in [2.24, 2.45) is 0 Å². The first-order valence-corrected chi connectivity index (χ1v) is 9.98. The molecule has 0 spiro atoms. The summed E-state index contributed by atoms with van der Waals surface area (Å²) in [6.07, 6.45) is 3.25. The molecule has 0 aliphatic carbocycles. The Morgan fingerprint density at radius 1 is 1.24 bits per heavy atom. The van der Waals surface area contributed by atoms with Crippen LogP contribution in [-0.2, 0) is 6.42 Å². The Bertz CT molecular complexity index is 609. The second-order valence-corrected chi connectivity index (χ2v) is 7.69. The van der Waals surface area contributed by atoms with Gasteiger partial charge < -0.3 is 4.90 Å². The van der Waals surface area contributed by atoms with Gasteiger partial charge >= 0.3 is 6.03 Å². The highest BCUT2D eigenvalue weighted by atomic mass is 16.2. The molecule has 1 aromatic carbocycles. The Morgan fingerprint density at radius 2 is 2.00 bits per heavy atom. The summed E-state index contributed by atoms with van der Waals surface area (Å²) in [4.78, 5) is 19.7. The zero-order chi connectivity index (χ0) is 18.0. The summed E-state index contributed by atoms with van der Waals surface area (Å²) in [6, 6.07) is 7.39. The second kappa shape index (κ2) is 7.77. The number of amides is 2. The minimum absolute atomic E-state index is 0.202. The lowest BCUT2D eigenvalue weighted by Crippen LogP contribution is -2.46. The number of benzene rings is 1. The molecule has 138 valence electrons. The van der Waals surface area contributed by atoms with Gasteiger partial charge in [0.1, 0.15) is 0 Å². The van der Waals surface area contributed by atoms with Gasteiger partial charge in [-0.15, -0.1) is 0 Å². The number of hydrogen-bond acceptors (Lipinski definition) is 2. The van der Waals surface area contributed by atoms with E-state index in [1.807, 2.05) is 4.90 Å². The number of carbonyl (C=O) groups excluding carboxylic acids is 1. The molecule has 4 heteroatoms. The number of hydrogen-bond donors (Lipinski definition) is 0. The maximum Gasteiger partial charge on any atom is 0.324 e. The van der Waals surface area contributed by atoms with Gasteiger partial charge in [0.2, 0.25) is 0 Å². The lowest BCUT2D eigenvalue weighted by Gasteiger charge is -2.34. The van der Waals surface area contributed by atoms with E-state index in [1.165, 1.54) is 11.1 Å². The number of nitrogens with zero attached hydrogens (tertiary/aromatic N) is 3. The van der Waals surface area contributed by atoms with Crippen LogP contribution >= 0.6 is 0 Å². The Balaban J connectivity index is 1.74. The average Bonchev–Trinajstić information content (AvgIpc) is 3.11. The molecule has 3 rings (SSSR count). The molecule has 4 nitrogen and oxygen atoms in total. The third-order valence-electron chi connectivity index (χ3n) is 5.88. The number of likely N-dealkylation sites (N-methyl/N-ethyl adjacent to an activating group) is 1. The monoisotopic (exact) mass is 343 g/mol. The molecular formula is C21H33N3O. The second-order valence-electron chi connectivity index (χ2n) is 7.69. The zero-order valence-corrected chi connectivity index (χ0v) is 16.3. The normalized spacial score (nSPS) is 20.5. The fraction of sp³-hybridized carbons (Fsp3) is 0.667. The zero-order valence-electron chi connectivity index (χ0n) is 16.3. The van der Waals surface area contributed by atoms with Crippen molar-refractivity contribution in [2.45, 2.75) is 58.9 Å². The molecule has 1 atom stereocenters. The first-order chi connectivity index (χ1) is 12.0. The van der Waals surface area contributed by atoms with Crippen LogP contribution in [0.2, 0.25) is 0 Å². The average molecular weight is 344 g/mol. The van der Waals surface area contributed by atoms with Crippen LogP contribution in [0.5, 0.6) is 0 Å². The number of aryl methyl sites for hydroxylation is 1. The molecule has 1 saturated heterocycles. The molecule has 1 fully saturated rings. The Morgan fingerprint density at radius 3 is 2.68 bits per heavy atom. The van der Waals surface area contributed by atoms with E-state index >= 15 is 0 Å². The van der Waals surface area contributed by atoms with E-state index in [1.54, 1.807) is 0 Å². The Hall–Kier alpha value is -1.55. The number of carbonyl (C=O) groups is 1. The summed E-state index contributed by atoms with van der Waals surface area (Å²) < 4.78 is 0. The van der Waals surface area contributed by atoms with Crippen molar-refractivity contribution in [1.29, 1.82) is 0 Å². The number of likely N-dealkylation sites (tertiary alicyclic amines) is 1. The molecule has 2 heterocycles. The standard InChI is InChI=1S/C21H33N3O/c1-5-22(6-2)19-11-13-23(15-19)21(25)24-12-7-8-18-14-17(16(3)4)9-10-20(18)24/h9-10,14,16,19H,5-8,11-13,15H2,1-4H3. The first kappa shape index (κ1) is 18.2. The molecule has 0 aromatic heterocycles. The van der Waals surface area contributed by atoms with Gasteiger partial charge in [0.15, 0.2) is 0 Å². The summed E-state index contributed by atoms with van der Waals surface area (Å²) >= 11 is 0. The van der Waals surface area contributed by atoms with E-state index in [0.717, 1.165) is 57.7 Å². The largest absolute Gasteiger partial charge is 0.324 e. The smallest absolute Gasteiger partial charge is 0.323 e. The van der Waals surface area contributed by atoms with Gasteiger partial charge in [-0.25, -0.2) is 4.79 Å². The molecule has 2 aliphatic heterocycles. The summed E-state index contributed by atoms with van der Waals surface area (Å²) in [5.41, 5.74) is 3.84. The van der Waals surface area contributed by atoms with Gasteiger partial charge in [0.25, 0.3) is 0 Å². The van der Waals surface area contributed by atoms with Gasteiger partial charge in [-0.2, -0.15) is 0 Å². The van der Waals surface area contributed by atoms with E-state index in [-0.39, 0.29) is 6.03 Å². The van der Waals surface area contributed by atoms with Gasteiger partial charge in [0, 0.05) is 31.4 Å². The predicted octanol–water partition coefficient (Wildman–Crippen LogP) is 4.10. The Labute approximate surface area is 152 Å². The third kappa shape index (κ3) is 3.69. The number of anilines is 1. The van der Waals surface area contributed by atoms with Crippen molar-refractivity contribution in [3.63, 3.8) is 0 Å². The first-order valence-electron chi connectivity index (χ1n) is 9.98. The quantitative estimate of drug-likeness (QED) is 0.823. The SMILES string of the molecule is CCN(CC)C1CCN(C(=O)N2CCCc3cc(C(C)C)ccc32)C1. The molecule has 0 bridgehead atoms. The lowest BCUT2D eigenvalue weighted by atomic mass is 9.95. The third-order valence-corrected chi connectivity index (χ3v) is 5.88. The highest BCUT2D eigenvalue weighted by molar-refractivity contribution is 5.93. The minimum Gasteiger partial charge on any atom is -0.323 e. The van der Waals surface area contributed by atoms with Crippen molar-refractivity contribution in [3.8, 4) is 0 Å². The van der Waals surface area contributed by atoms with E-state index < -0.39 is 0 Å². The molecule has 0 N–H and O–H groups in total. The topological polar surface area (TPSA) is 26.8 Å². The fourth-order valence-electron chi connectivity index (χ4n) is 4.30. The summed E-state index contributed by atoms with van der Waals surface area (Å²) in [6.45, 7) is 13.6. The van der Waals surface area contributed by atoms with Crippen molar-refractivity contribution >= 4 is 11.7 Å². The van der Waals surface area contributed by atoms with Crippen molar-refractivity contribution in [1.82, 2.24) is 9.80 Å². The van der Waals surface area contributed by atoms with E-state index in [0.29, 0.717) is 12.0 Å². The van der Waals surface area contributed by atoms with Crippen LogP contribution < -0.4 is 4.90 Å². The van der Waals surface area contributed by atoms with Gasteiger partial charge in [-0.05, 0) is 55.5 Å². The number of fused-ring (bicyclic) bond motifs is 1. The highest BCUT2D eigenvalue weighted by Crippen LogP contribution is 2.31. The minimum atomic E-state index is 0.202. The molecule has 2 aliphatic rings. The molecular weight excluding hydrogens is 310 g/mol. The van der Waals surface area contributed by atoms with Gasteiger partial charge in [-0.1, -0.05) is 39.8 Å². The van der Waals surface area contributed by atoms with Crippen molar-refractivity contribution in [3.05, 3.63) is 29.3 Å². The summed E-state index contributed by atoms with van der Waals surface area (Å²) in [7, 11) is 0. The van der Waals surface area contributed by atoms with Crippen LogP contribution in [0.1, 0.15) is 57.6 Å². The van der Waals surface area contributed by atoms with Crippen LogP contribution in [-0.4, -0.2) is 54.6 Å². The lowest BCUT2D eigenvalue weighted by molar-refractivity contribution is 0.197. The van der Waals surface area contributed by atoms with Crippen LogP contribution in [0.4, 0.5) is 10.5 Å². The van der Waals surface area contributed by atoms with E-state index in [4.69, 9.17) is 0 Å². The maximum absolute atomic E-state index is 13.2. The number of urea groups is 1. The molecule has 0 radical (unpaired) electrons. The predicted molar refractivity (Wildman–Crippen MR) is 104 cm³/mol. The van der Waals surface area contributed by atoms with Gasteiger partial charge in [-0.3, -0.25) is 9.80 Å². The van der Waals surface area contributed by atoms with Crippen molar-refractivity contribution < 1.29 is 4.79 Å². The van der Waals surface area contributed by atoms with Crippen LogP contribution in [0.25, 0.3) is 0 Å². The highest BCUT2D eigenvalue weighted by Gasteiger charge is 2.33. The molecule has 0 saturated carbocycles. The van der Waals surface area contributed by atoms with Crippen LogP contribution in [0, 0.1) is 0 Å². The van der Waals surface area contributed by atoms with E-state index in [9.17, 15) is 4.79 Å². The van der Waals surface area contributed by atoms with Crippen molar-refractivity contribution in [2.75, 3.05) is 37.6 Å². The molecule has 1 aromatic rings. The molecule has 2 amide bonds. The van der Waals surface area contributed by atoms with Gasteiger partial charge in [0.05, 0.1) is 0 Å². The van der Waals surface area contributed by atoms with Crippen LogP contribution in [0.15, 0.2) is 18.2 Å². The van der Waals surface area contributed by atoms with E-state index in [2.05, 4.69) is 55.7 Å². The molecule has 1 unspecified atom stereocenters. The Kier molecular flexibility index (Phi) is 5.67. The van der Waals surface area contributed by atoms with Crippen LogP contribution in [0.3, 0.4) is 0 Å². The fourth-order valence-corrected chi connectivity index (χ4v) is 4.30.